The largest absolute Gasteiger partial charge is 0.494 e. The zero-order valence-electron chi connectivity index (χ0n) is 13.5. The van der Waals surface area contributed by atoms with Gasteiger partial charge in [0.25, 0.3) is 0 Å². The van der Waals surface area contributed by atoms with Crippen LogP contribution in [0.25, 0.3) is 0 Å². The number of amides is 2. The molecule has 25 heavy (non-hydrogen) atoms. The highest BCUT2D eigenvalue weighted by Crippen LogP contribution is 2.37. The van der Waals surface area contributed by atoms with Gasteiger partial charge in [-0.3, -0.25) is 4.79 Å². The maximum atomic E-state index is 13.0. The normalized spacial score (nSPS) is 20.4. The summed E-state index contributed by atoms with van der Waals surface area (Å²) in [6.07, 6.45) is -4.67. The first-order valence-electron chi connectivity index (χ1n) is 7.77. The minimum absolute atomic E-state index is 0.0694. The van der Waals surface area contributed by atoms with Crippen LogP contribution in [0.5, 0.6) is 5.75 Å². The van der Waals surface area contributed by atoms with Crippen LogP contribution >= 0.6 is 0 Å². The molecule has 1 saturated heterocycles. The molecule has 0 unspecified atom stereocenters. The monoisotopic (exact) mass is 360 g/mol. The summed E-state index contributed by atoms with van der Waals surface area (Å²) in [6.45, 7) is 1.17. The molecule has 1 aliphatic rings. The first-order valence-corrected chi connectivity index (χ1v) is 7.77. The smallest absolute Gasteiger partial charge is 0.394 e. The molecule has 138 valence electrons. The van der Waals surface area contributed by atoms with Crippen molar-refractivity contribution in [1.82, 2.24) is 10.2 Å². The summed E-state index contributed by atoms with van der Waals surface area (Å²) in [6, 6.07) is 6.24. The number of nitrogens with one attached hydrogen (secondary N) is 1. The fraction of sp³-hybridized carbons (Fsp3) is 0.500. The summed E-state index contributed by atoms with van der Waals surface area (Å²) in [7, 11) is 0. The third-order valence-corrected chi connectivity index (χ3v) is 4.05. The van der Waals surface area contributed by atoms with Crippen LogP contribution in [0, 0.1) is 11.8 Å². The maximum Gasteiger partial charge on any atom is 0.394 e. The van der Waals surface area contributed by atoms with Crippen molar-refractivity contribution in [2.24, 2.45) is 11.8 Å². The minimum atomic E-state index is -4.67. The van der Waals surface area contributed by atoms with Gasteiger partial charge in [-0.15, -0.1) is 0 Å². The Bertz CT molecular complexity index is 636. The average molecular weight is 360 g/mol. The Kier molecular flexibility index (Phi) is 5.76. The molecule has 2 rings (SSSR count). The van der Waals surface area contributed by atoms with Gasteiger partial charge < -0.3 is 20.1 Å². The Morgan fingerprint density at radius 2 is 2.00 bits per heavy atom. The number of likely N-dealkylation sites (tertiary alicyclic amines) is 1. The molecule has 1 aromatic rings. The van der Waals surface area contributed by atoms with Crippen molar-refractivity contribution < 1.29 is 32.6 Å². The van der Waals surface area contributed by atoms with Crippen LogP contribution in [0.2, 0.25) is 0 Å². The lowest BCUT2D eigenvalue weighted by Gasteiger charge is -2.19. The number of nitrogens with zero attached hydrogens (tertiary/aromatic N) is 1. The fourth-order valence-electron chi connectivity index (χ4n) is 2.78. The quantitative estimate of drug-likeness (QED) is 0.846. The number of ether oxygens (including phenoxy) is 1. The van der Waals surface area contributed by atoms with E-state index in [1.54, 1.807) is 24.3 Å². The lowest BCUT2D eigenvalue weighted by Crippen LogP contribution is -2.39. The zero-order chi connectivity index (χ0) is 18.6. The summed E-state index contributed by atoms with van der Waals surface area (Å²) >= 11 is 0. The number of carboxylic acid groups (broad SMARTS) is 1. The number of carbonyl (C=O) groups excluding carboxylic acids is 1. The van der Waals surface area contributed by atoms with E-state index in [1.807, 2.05) is 6.92 Å². The molecule has 0 aromatic heterocycles. The van der Waals surface area contributed by atoms with Crippen LogP contribution in [0.1, 0.15) is 12.5 Å². The van der Waals surface area contributed by atoms with Crippen molar-refractivity contribution in [3.63, 3.8) is 0 Å². The van der Waals surface area contributed by atoms with Gasteiger partial charge in [0.2, 0.25) is 0 Å². The Morgan fingerprint density at radius 3 is 2.56 bits per heavy atom. The molecule has 0 aliphatic carbocycles. The molecule has 0 spiro atoms. The van der Waals surface area contributed by atoms with Crippen molar-refractivity contribution in [3.05, 3.63) is 29.8 Å². The van der Waals surface area contributed by atoms with Gasteiger partial charge in [-0.1, -0.05) is 18.2 Å². The Morgan fingerprint density at radius 1 is 1.32 bits per heavy atom. The number of aliphatic carboxylic acids is 1. The van der Waals surface area contributed by atoms with Gasteiger partial charge in [-0.05, 0) is 13.0 Å². The van der Waals surface area contributed by atoms with Gasteiger partial charge in [0, 0.05) is 25.2 Å². The highest BCUT2D eigenvalue weighted by Gasteiger charge is 2.53. The van der Waals surface area contributed by atoms with E-state index in [9.17, 15) is 22.8 Å². The number of urea groups is 1. The number of carbonyl (C=O) groups is 2. The van der Waals surface area contributed by atoms with Gasteiger partial charge in [-0.2, -0.15) is 13.2 Å². The molecule has 2 atom stereocenters. The number of hydrogen-bond donors (Lipinski definition) is 2. The van der Waals surface area contributed by atoms with Crippen LogP contribution in [-0.2, 0) is 11.3 Å². The molecule has 6 nitrogen and oxygen atoms in total. The van der Waals surface area contributed by atoms with Crippen molar-refractivity contribution in [2.45, 2.75) is 19.6 Å². The number of halogens is 3. The predicted octanol–water partition coefficient (Wildman–Crippen LogP) is 2.49. The summed E-state index contributed by atoms with van der Waals surface area (Å²) in [4.78, 5) is 24.1. The molecule has 1 fully saturated rings. The molecule has 2 N–H and O–H groups in total. The molecule has 1 aromatic carbocycles. The third kappa shape index (κ3) is 4.55. The van der Waals surface area contributed by atoms with Crippen LogP contribution in [0.3, 0.4) is 0 Å². The number of para-hydroxylation sites is 1. The molecule has 9 heteroatoms. The van der Waals surface area contributed by atoms with Crippen LogP contribution in [0.4, 0.5) is 18.0 Å². The predicted molar refractivity (Wildman–Crippen MR) is 82.1 cm³/mol. The second-order valence-corrected chi connectivity index (χ2v) is 5.70. The second-order valence-electron chi connectivity index (χ2n) is 5.70. The van der Waals surface area contributed by atoms with E-state index in [0.717, 1.165) is 4.90 Å². The van der Waals surface area contributed by atoms with E-state index < -0.39 is 43.1 Å². The SMILES string of the molecule is CCOc1ccccc1CNC(=O)N1C[C@@H](C(F)(F)F)[C@H](C(=O)O)C1. The van der Waals surface area contributed by atoms with E-state index in [1.165, 1.54) is 0 Å². The Hall–Kier alpha value is -2.45. The molecular formula is C16H19F3N2O4. The van der Waals surface area contributed by atoms with E-state index in [2.05, 4.69) is 5.32 Å². The summed E-state index contributed by atoms with van der Waals surface area (Å²) in [5, 5.41) is 11.5. The fourth-order valence-corrected chi connectivity index (χ4v) is 2.78. The van der Waals surface area contributed by atoms with Gasteiger partial charge >= 0.3 is 18.2 Å². The summed E-state index contributed by atoms with van der Waals surface area (Å²) in [5.41, 5.74) is 0.680. The van der Waals surface area contributed by atoms with Crippen LogP contribution in [-0.4, -0.2) is 47.9 Å². The third-order valence-electron chi connectivity index (χ3n) is 4.05. The van der Waals surface area contributed by atoms with E-state index in [0.29, 0.717) is 17.9 Å². The molecule has 0 bridgehead atoms. The summed E-state index contributed by atoms with van der Waals surface area (Å²) in [5.74, 6) is -4.70. The first kappa shape index (κ1) is 18.9. The lowest BCUT2D eigenvalue weighted by molar-refractivity contribution is -0.187. The number of alkyl halides is 3. The highest BCUT2D eigenvalue weighted by atomic mass is 19.4. The van der Waals surface area contributed by atoms with Crippen molar-refractivity contribution in [3.8, 4) is 5.75 Å². The standard InChI is InChI=1S/C16H19F3N2O4/c1-2-25-13-6-4-3-5-10(13)7-20-15(24)21-8-11(14(22)23)12(9-21)16(17,18)19/h3-6,11-12H,2,7-9H2,1H3,(H,20,24)(H,22,23)/t11-,12-/m1/s1. The average Bonchev–Trinajstić information content (AvgIpc) is 3.00. The molecule has 2 amide bonds. The van der Waals surface area contributed by atoms with Crippen molar-refractivity contribution in [1.29, 1.82) is 0 Å². The highest BCUT2D eigenvalue weighted by molar-refractivity contribution is 5.77. The van der Waals surface area contributed by atoms with Gasteiger partial charge in [-0.25, -0.2) is 4.79 Å². The van der Waals surface area contributed by atoms with Crippen LogP contribution in [0.15, 0.2) is 24.3 Å². The molecule has 0 radical (unpaired) electrons. The molecule has 0 saturated carbocycles. The molecular weight excluding hydrogens is 341 g/mol. The van der Waals surface area contributed by atoms with Crippen LogP contribution < -0.4 is 10.1 Å². The topological polar surface area (TPSA) is 78.9 Å². The maximum absolute atomic E-state index is 13.0. The van der Waals surface area contributed by atoms with E-state index >= 15 is 0 Å². The molecule has 1 heterocycles. The number of benzene rings is 1. The van der Waals surface area contributed by atoms with Crippen molar-refractivity contribution >= 4 is 12.0 Å². The first-order chi connectivity index (χ1) is 11.7. The van der Waals surface area contributed by atoms with Gasteiger partial charge in [0.15, 0.2) is 0 Å². The number of carboxylic acids is 1. The van der Waals surface area contributed by atoms with Crippen molar-refractivity contribution in [2.75, 3.05) is 19.7 Å². The van der Waals surface area contributed by atoms with Gasteiger partial charge in [0.1, 0.15) is 5.75 Å². The Balaban J connectivity index is 2.01. The zero-order valence-corrected chi connectivity index (χ0v) is 13.5. The number of hydrogen-bond acceptors (Lipinski definition) is 3. The minimum Gasteiger partial charge on any atom is -0.494 e. The second kappa shape index (κ2) is 7.62. The van der Waals surface area contributed by atoms with Gasteiger partial charge in [0.05, 0.1) is 18.4 Å². The summed E-state index contributed by atoms with van der Waals surface area (Å²) < 4.78 is 44.3. The lowest BCUT2D eigenvalue weighted by atomic mass is 9.96. The van der Waals surface area contributed by atoms with E-state index in [-0.39, 0.29) is 6.54 Å². The number of rotatable bonds is 5. The van der Waals surface area contributed by atoms with E-state index in [4.69, 9.17) is 9.84 Å². The Labute approximate surface area is 142 Å². The molecule has 1 aliphatic heterocycles.